The van der Waals surface area contributed by atoms with Gasteiger partial charge in [-0.1, -0.05) is 30.0 Å². The zero-order valence-corrected chi connectivity index (χ0v) is 13.4. The van der Waals surface area contributed by atoms with Gasteiger partial charge in [0.15, 0.2) is 5.16 Å². The summed E-state index contributed by atoms with van der Waals surface area (Å²) in [5.74, 6) is 0.806. The van der Waals surface area contributed by atoms with Gasteiger partial charge in [0.2, 0.25) is 0 Å². The lowest BCUT2D eigenvalue weighted by Crippen LogP contribution is -2.21. The van der Waals surface area contributed by atoms with Crippen LogP contribution in [0.5, 0.6) is 0 Å². The zero-order chi connectivity index (χ0) is 15.5. The number of carbonyl (C=O) groups excluding carboxylic acids is 1. The van der Waals surface area contributed by atoms with Crippen molar-refractivity contribution in [2.75, 3.05) is 14.1 Å². The number of hydrogen-bond acceptors (Lipinski definition) is 3. The molecule has 112 valence electrons. The predicted octanol–water partition coefficient (Wildman–Crippen LogP) is 3.33. The third-order valence-corrected chi connectivity index (χ3v) is 4.39. The van der Waals surface area contributed by atoms with Crippen molar-refractivity contribution in [1.82, 2.24) is 14.3 Å². The summed E-state index contributed by atoms with van der Waals surface area (Å²) in [6, 6.07) is 13.8. The van der Waals surface area contributed by atoms with Crippen molar-refractivity contribution in [3.8, 4) is 0 Å². The quantitative estimate of drug-likeness (QED) is 0.694. The summed E-state index contributed by atoms with van der Waals surface area (Å²) in [4.78, 5) is 18.0. The van der Waals surface area contributed by atoms with Crippen molar-refractivity contribution in [2.45, 2.75) is 10.9 Å². The number of rotatable bonds is 4. The maximum Gasteiger partial charge on any atom is 0.253 e. The number of nitrogens with zero attached hydrogens (tertiary/aromatic N) is 3. The molecule has 4 nitrogen and oxygen atoms in total. The van der Waals surface area contributed by atoms with Gasteiger partial charge in [-0.25, -0.2) is 4.98 Å². The Morgan fingerprint density at radius 2 is 2.09 bits per heavy atom. The maximum atomic E-state index is 12.0. The minimum Gasteiger partial charge on any atom is -0.345 e. The number of pyridine rings is 1. The summed E-state index contributed by atoms with van der Waals surface area (Å²) in [5.41, 5.74) is 2.92. The molecule has 2 heterocycles. The molecular weight excluding hydrogens is 294 g/mol. The van der Waals surface area contributed by atoms with Crippen LogP contribution in [-0.4, -0.2) is 34.3 Å². The van der Waals surface area contributed by atoms with Crippen molar-refractivity contribution in [1.29, 1.82) is 0 Å². The lowest BCUT2D eigenvalue weighted by atomic mass is 10.1. The Labute approximate surface area is 133 Å². The standard InChI is InChI=1S/C17H17N3OS/c1-19(2)16(21)14-7-5-6-13(10-14)12-22-17-18-11-15-8-3-4-9-20(15)17/h3-11H,12H2,1-2H3. The van der Waals surface area contributed by atoms with E-state index in [1.54, 1.807) is 30.8 Å². The Balaban J connectivity index is 1.77. The molecule has 0 saturated carbocycles. The van der Waals surface area contributed by atoms with Crippen molar-refractivity contribution < 1.29 is 4.79 Å². The van der Waals surface area contributed by atoms with E-state index in [2.05, 4.69) is 9.38 Å². The van der Waals surface area contributed by atoms with E-state index in [0.29, 0.717) is 0 Å². The summed E-state index contributed by atoms with van der Waals surface area (Å²) >= 11 is 1.67. The molecule has 1 aromatic carbocycles. The van der Waals surface area contributed by atoms with Gasteiger partial charge < -0.3 is 4.90 Å². The van der Waals surface area contributed by atoms with Crippen molar-refractivity contribution >= 4 is 23.2 Å². The zero-order valence-electron chi connectivity index (χ0n) is 12.6. The molecule has 0 N–H and O–H groups in total. The molecule has 0 bridgehead atoms. The number of imidazole rings is 1. The Kier molecular flexibility index (Phi) is 4.15. The smallest absolute Gasteiger partial charge is 0.253 e. The number of carbonyl (C=O) groups is 1. The van der Waals surface area contributed by atoms with Crippen LogP contribution in [0.3, 0.4) is 0 Å². The van der Waals surface area contributed by atoms with E-state index in [-0.39, 0.29) is 5.91 Å². The fourth-order valence-corrected chi connectivity index (χ4v) is 3.13. The van der Waals surface area contributed by atoms with Gasteiger partial charge in [-0.05, 0) is 29.8 Å². The first-order valence-electron chi connectivity index (χ1n) is 7.00. The molecule has 1 amide bonds. The molecule has 0 aliphatic rings. The van der Waals surface area contributed by atoms with Crippen LogP contribution in [0, 0.1) is 0 Å². The van der Waals surface area contributed by atoms with Crippen molar-refractivity contribution in [3.05, 3.63) is 66.0 Å². The van der Waals surface area contributed by atoms with Gasteiger partial charge in [0.25, 0.3) is 5.91 Å². The summed E-state index contributed by atoms with van der Waals surface area (Å²) in [7, 11) is 3.53. The monoisotopic (exact) mass is 311 g/mol. The topological polar surface area (TPSA) is 37.6 Å². The highest BCUT2D eigenvalue weighted by molar-refractivity contribution is 7.98. The van der Waals surface area contributed by atoms with E-state index in [1.165, 1.54) is 0 Å². The lowest BCUT2D eigenvalue weighted by Gasteiger charge is -2.11. The van der Waals surface area contributed by atoms with Crippen LogP contribution in [0.25, 0.3) is 5.52 Å². The van der Waals surface area contributed by atoms with Crippen LogP contribution in [-0.2, 0) is 5.75 Å². The van der Waals surface area contributed by atoms with Crippen molar-refractivity contribution in [2.24, 2.45) is 0 Å². The first-order valence-corrected chi connectivity index (χ1v) is 7.99. The average Bonchev–Trinajstić information content (AvgIpc) is 2.95. The molecule has 0 aliphatic heterocycles. The highest BCUT2D eigenvalue weighted by atomic mass is 32.2. The van der Waals surface area contributed by atoms with Gasteiger partial charge >= 0.3 is 0 Å². The molecule has 0 unspecified atom stereocenters. The average molecular weight is 311 g/mol. The number of amides is 1. The molecule has 2 aromatic heterocycles. The molecule has 0 spiro atoms. The van der Waals surface area contributed by atoms with Crippen LogP contribution >= 0.6 is 11.8 Å². The largest absolute Gasteiger partial charge is 0.345 e. The summed E-state index contributed by atoms with van der Waals surface area (Å²) < 4.78 is 2.07. The predicted molar refractivity (Wildman–Crippen MR) is 89.2 cm³/mol. The van der Waals surface area contributed by atoms with Crippen molar-refractivity contribution in [3.63, 3.8) is 0 Å². The van der Waals surface area contributed by atoms with Crippen LogP contribution in [0.15, 0.2) is 60.0 Å². The van der Waals surface area contributed by atoms with E-state index in [0.717, 1.165) is 27.6 Å². The van der Waals surface area contributed by atoms with Gasteiger partial charge in [0, 0.05) is 31.6 Å². The Hall–Kier alpha value is -2.27. The summed E-state index contributed by atoms with van der Waals surface area (Å²) in [6.45, 7) is 0. The third-order valence-electron chi connectivity index (χ3n) is 3.35. The molecule has 22 heavy (non-hydrogen) atoms. The Morgan fingerprint density at radius 1 is 1.23 bits per heavy atom. The minimum absolute atomic E-state index is 0.0260. The number of aromatic nitrogens is 2. The Bertz CT molecular complexity index is 810. The van der Waals surface area contributed by atoms with Crippen LogP contribution < -0.4 is 0 Å². The van der Waals surface area contributed by atoms with E-state index in [1.807, 2.05) is 54.9 Å². The lowest BCUT2D eigenvalue weighted by molar-refractivity contribution is 0.0827. The SMILES string of the molecule is CN(C)C(=O)c1cccc(CSc2ncc3ccccn23)c1. The highest BCUT2D eigenvalue weighted by Crippen LogP contribution is 2.23. The molecular formula is C17H17N3OS. The van der Waals surface area contributed by atoms with E-state index in [9.17, 15) is 4.79 Å². The van der Waals surface area contributed by atoms with Crippen LogP contribution in [0.1, 0.15) is 15.9 Å². The number of fused-ring (bicyclic) bond motifs is 1. The van der Waals surface area contributed by atoms with Gasteiger partial charge in [-0.2, -0.15) is 0 Å². The van der Waals surface area contributed by atoms with Gasteiger partial charge in [0.1, 0.15) is 0 Å². The first kappa shape index (κ1) is 14.7. The van der Waals surface area contributed by atoms with Gasteiger partial charge in [-0.15, -0.1) is 0 Å². The third kappa shape index (κ3) is 2.99. The second-order valence-electron chi connectivity index (χ2n) is 5.22. The molecule has 0 atom stereocenters. The molecule has 0 fully saturated rings. The fourth-order valence-electron chi connectivity index (χ4n) is 2.23. The highest BCUT2D eigenvalue weighted by Gasteiger charge is 2.09. The molecule has 3 rings (SSSR count). The molecule has 3 aromatic rings. The fraction of sp³-hybridized carbons (Fsp3) is 0.176. The second-order valence-corrected chi connectivity index (χ2v) is 6.17. The minimum atomic E-state index is 0.0260. The molecule has 5 heteroatoms. The second kappa shape index (κ2) is 6.23. The summed E-state index contributed by atoms with van der Waals surface area (Å²) in [5, 5.41) is 0.958. The van der Waals surface area contributed by atoms with E-state index < -0.39 is 0 Å². The molecule has 0 aliphatic carbocycles. The van der Waals surface area contributed by atoms with Crippen LogP contribution in [0.4, 0.5) is 0 Å². The normalized spacial score (nSPS) is 10.8. The first-order chi connectivity index (χ1) is 10.6. The molecule has 0 saturated heterocycles. The maximum absolute atomic E-state index is 12.0. The molecule has 0 radical (unpaired) electrons. The van der Waals surface area contributed by atoms with Gasteiger partial charge in [-0.3, -0.25) is 9.20 Å². The van der Waals surface area contributed by atoms with E-state index in [4.69, 9.17) is 0 Å². The van der Waals surface area contributed by atoms with Crippen LogP contribution in [0.2, 0.25) is 0 Å². The number of hydrogen-bond donors (Lipinski definition) is 0. The van der Waals surface area contributed by atoms with Gasteiger partial charge in [0.05, 0.1) is 11.7 Å². The number of thioether (sulfide) groups is 1. The number of benzene rings is 1. The summed E-state index contributed by atoms with van der Waals surface area (Å²) in [6.07, 6.45) is 3.88. The Morgan fingerprint density at radius 3 is 2.91 bits per heavy atom. The van der Waals surface area contributed by atoms with E-state index >= 15 is 0 Å².